The Balaban J connectivity index is 1.68. The molecule has 2 aromatic rings. The summed E-state index contributed by atoms with van der Waals surface area (Å²) >= 11 is 0. The zero-order chi connectivity index (χ0) is 18.0. The van der Waals surface area contributed by atoms with Gasteiger partial charge in [0.15, 0.2) is 0 Å². The Bertz CT molecular complexity index is 867. The second-order valence-electron chi connectivity index (χ2n) is 5.59. The van der Waals surface area contributed by atoms with Crippen molar-refractivity contribution in [1.29, 1.82) is 0 Å². The van der Waals surface area contributed by atoms with Gasteiger partial charge in [0.25, 0.3) is 0 Å². The minimum absolute atomic E-state index is 0.162. The van der Waals surface area contributed by atoms with E-state index in [9.17, 15) is 18.4 Å². The van der Waals surface area contributed by atoms with Crippen molar-refractivity contribution in [2.45, 2.75) is 13.1 Å². The van der Waals surface area contributed by atoms with E-state index in [-0.39, 0.29) is 11.6 Å². The molecule has 3 amide bonds. The monoisotopic (exact) mass is 343 g/mol. The third-order valence-corrected chi connectivity index (χ3v) is 3.85. The largest absolute Gasteiger partial charge is 0.331 e. The summed E-state index contributed by atoms with van der Waals surface area (Å²) < 4.78 is 26.7. The van der Waals surface area contributed by atoms with E-state index < -0.39 is 17.7 Å². The predicted octanol–water partition coefficient (Wildman–Crippen LogP) is 3.64. The molecule has 0 saturated carbocycles. The molecule has 0 saturated heterocycles. The van der Waals surface area contributed by atoms with Crippen molar-refractivity contribution in [2.24, 2.45) is 0 Å². The number of anilines is 2. The third-order valence-electron chi connectivity index (χ3n) is 3.85. The number of nitrogens with zero attached hydrogens (tertiary/aromatic N) is 1. The first kappa shape index (κ1) is 16.6. The topological polar surface area (TPSA) is 61.4 Å². The fourth-order valence-corrected chi connectivity index (χ4v) is 2.64. The molecule has 0 aromatic heterocycles. The van der Waals surface area contributed by atoms with Gasteiger partial charge in [-0.2, -0.15) is 0 Å². The maximum absolute atomic E-state index is 13.5. The van der Waals surface area contributed by atoms with Crippen LogP contribution in [0.2, 0.25) is 0 Å². The lowest BCUT2D eigenvalue weighted by Crippen LogP contribution is -2.22. The van der Waals surface area contributed by atoms with Crippen LogP contribution in [0.15, 0.2) is 49.1 Å². The van der Waals surface area contributed by atoms with Gasteiger partial charge in [0.05, 0.1) is 5.69 Å². The highest BCUT2D eigenvalue weighted by Gasteiger charge is 2.22. The number of halogens is 2. The first-order valence-electron chi connectivity index (χ1n) is 7.52. The maximum Gasteiger partial charge on any atom is 0.323 e. The fourth-order valence-electron chi connectivity index (χ4n) is 2.64. The first-order chi connectivity index (χ1) is 12.0. The van der Waals surface area contributed by atoms with Gasteiger partial charge in [-0.3, -0.25) is 4.79 Å². The average Bonchev–Trinajstić information content (AvgIpc) is 3.00. The van der Waals surface area contributed by atoms with Crippen LogP contribution in [0, 0.1) is 11.6 Å². The third kappa shape index (κ3) is 3.65. The minimum Gasteiger partial charge on any atom is -0.331 e. The Morgan fingerprint density at radius 2 is 1.80 bits per heavy atom. The Morgan fingerprint density at radius 1 is 1.04 bits per heavy atom. The van der Waals surface area contributed by atoms with Gasteiger partial charge in [-0.15, -0.1) is 0 Å². The second kappa shape index (κ2) is 6.72. The molecule has 2 aromatic carbocycles. The Kier molecular flexibility index (Phi) is 4.47. The highest BCUT2D eigenvalue weighted by molar-refractivity contribution is 6.00. The number of fused-ring (bicyclic) bond motifs is 1. The van der Waals surface area contributed by atoms with Gasteiger partial charge in [-0.25, -0.2) is 13.6 Å². The van der Waals surface area contributed by atoms with E-state index in [0.29, 0.717) is 18.8 Å². The lowest BCUT2D eigenvalue weighted by molar-refractivity contribution is -0.126. The molecule has 0 aliphatic carbocycles. The Morgan fingerprint density at radius 3 is 2.56 bits per heavy atom. The number of nitrogens with one attached hydrogen (secondary N) is 2. The van der Waals surface area contributed by atoms with Crippen LogP contribution in [0.5, 0.6) is 0 Å². The van der Waals surface area contributed by atoms with Gasteiger partial charge in [0.1, 0.15) is 11.6 Å². The van der Waals surface area contributed by atoms with Crippen LogP contribution >= 0.6 is 0 Å². The van der Waals surface area contributed by atoms with E-state index >= 15 is 0 Å². The summed E-state index contributed by atoms with van der Waals surface area (Å²) in [4.78, 5) is 25.3. The molecule has 0 atom stereocenters. The normalized spacial score (nSPS) is 12.5. The van der Waals surface area contributed by atoms with Crippen LogP contribution in [0.4, 0.5) is 25.0 Å². The van der Waals surface area contributed by atoms with Crippen LogP contribution in [0.25, 0.3) is 0 Å². The molecule has 0 fully saturated rings. The number of carbonyl (C=O) groups is 2. The molecule has 1 aliphatic rings. The van der Waals surface area contributed by atoms with Gasteiger partial charge in [-0.05, 0) is 41.5 Å². The van der Waals surface area contributed by atoms with Gasteiger partial charge in [-0.1, -0.05) is 12.6 Å². The van der Waals surface area contributed by atoms with Gasteiger partial charge in [0.2, 0.25) is 5.91 Å². The minimum atomic E-state index is -0.732. The molecule has 0 radical (unpaired) electrons. The number of benzene rings is 2. The van der Waals surface area contributed by atoms with Gasteiger partial charge < -0.3 is 15.5 Å². The highest BCUT2D eigenvalue weighted by atomic mass is 19.1. The van der Waals surface area contributed by atoms with Gasteiger partial charge >= 0.3 is 6.03 Å². The molecule has 2 N–H and O–H groups in total. The number of amides is 3. The zero-order valence-electron chi connectivity index (χ0n) is 13.2. The van der Waals surface area contributed by atoms with E-state index in [1.807, 2.05) is 6.07 Å². The molecule has 0 bridgehead atoms. The van der Waals surface area contributed by atoms with Crippen LogP contribution < -0.4 is 10.6 Å². The van der Waals surface area contributed by atoms with Crippen molar-refractivity contribution in [3.8, 4) is 0 Å². The van der Waals surface area contributed by atoms with E-state index in [2.05, 4.69) is 17.2 Å². The summed E-state index contributed by atoms with van der Waals surface area (Å²) in [5, 5.41) is 4.82. The van der Waals surface area contributed by atoms with E-state index in [1.165, 1.54) is 6.08 Å². The van der Waals surface area contributed by atoms with E-state index in [4.69, 9.17) is 0 Å². The van der Waals surface area contributed by atoms with Gasteiger partial charge in [0, 0.05) is 24.8 Å². The van der Waals surface area contributed by atoms with Crippen LogP contribution in [0.1, 0.15) is 11.1 Å². The summed E-state index contributed by atoms with van der Waals surface area (Å²) in [6, 6.07) is 7.35. The molecule has 0 unspecified atom stereocenters. The molecular weight excluding hydrogens is 328 g/mol. The van der Waals surface area contributed by atoms with Crippen LogP contribution in [-0.2, 0) is 17.9 Å². The summed E-state index contributed by atoms with van der Waals surface area (Å²) in [6.45, 7) is 4.38. The molecule has 5 nitrogen and oxygen atoms in total. The Labute approximate surface area is 142 Å². The smallest absolute Gasteiger partial charge is 0.323 e. The summed E-state index contributed by atoms with van der Waals surface area (Å²) in [7, 11) is 0. The van der Waals surface area contributed by atoms with Crippen molar-refractivity contribution in [3.05, 3.63) is 71.8 Å². The molecule has 3 rings (SSSR count). The lowest BCUT2D eigenvalue weighted by Gasteiger charge is -2.11. The van der Waals surface area contributed by atoms with Crippen molar-refractivity contribution in [3.63, 3.8) is 0 Å². The fraction of sp³-hybridized carbons (Fsp3) is 0.111. The molecule has 1 aliphatic heterocycles. The summed E-state index contributed by atoms with van der Waals surface area (Å²) in [6.07, 6.45) is 1.26. The molecule has 7 heteroatoms. The number of rotatable bonds is 3. The van der Waals surface area contributed by atoms with E-state index in [0.717, 1.165) is 29.3 Å². The molecule has 0 spiro atoms. The van der Waals surface area contributed by atoms with Crippen molar-refractivity contribution in [2.75, 3.05) is 10.6 Å². The lowest BCUT2D eigenvalue weighted by atomic mass is 10.1. The molecular formula is C18H15F2N3O2. The predicted molar refractivity (Wildman–Crippen MR) is 89.9 cm³/mol. The summed E-state index contributed by atoms with van der Waals surface area (Å²) in [5.74, 6) is -1.55. The standard InChI is InChI=1S/C18H15F2N3O2/c1-2-17(24)23-9-11-3-5-14(7-12(11)10-23)21-18(25)22-16-8-13(19)4-6-15(16)20/h2-8H,1,9-10H2,(H2,21,22,25). The number of urea groups is 1. The second-order valence-corrected chi connectivity index (χ2v) is 5.59. The molecule has 128 valence electrons. The van der Waals surface area contributed by atoms with Crippen molar-refractivity contribution >= 4 is 23.3 Å². The number of hydrogen-bond acceptors (Lipinski definition) is 2. The van der Waals surface area contributed by atoms with E-state index in [1.54, 1.807) is 17.0 Å². The first-order valence-corrected chi connectivity index (χ1v) is 7.52. The molecule has 25 heavy (non-hydrogen) atoms. The SMILES string of the molecule is C=CC(=O)N1Cc2ccc(NC(=O)Nc3cc(F)ccc3F)cc2C1. The van der Waals surface area contributed by atoms with Crippen molar-refractivity contribution in [1.82, 2.24) is 4.90 Å². The number of carbonyl (C=O) groups excluding carboxylic acids is 2. The summed E-state index contributed by atoms with van der Waals surface area (Å²) in [5.41, 5.74) is 2.13. The maximum atomic E-state index is 13.5. The quantitative estimate of drug-likeness (QED) is 0.836. The number of hydrogen-bond donors (Lipinski definition) is 2. The highest BCUT2D eigenvalue weighted by Crippen LogP contribution is 2.26. The van der Waals surface area contributed by atoms with Crippen LogP contribution in [-0.4, -0.2) is 16.8 Å². The van der Waals surface area contributed by atoms with Crippen LogP contribution in [0.3, 0.4) is 0 Å². The zero-order valence-corrected chi connectivity index (χ0v) is 13.2. The average molecular weight is 343 g/mol. The van der Waals surface area contributed by atoms with Crippen molar-refractivity contribution < 1.29 is 18.4 Å². The Hall–Kier alpha value is -3.22. The molecule has 1 heterocycles.